The van der Waals surface area contributed by atoms with E-state index in [0.29, 0.717) is 6.42 Å². The zero-order valence-electron chi connectivity index (χ0n) is 12.2. The number of rotatable bonds is 2. The molecule has 0 radical (unpaired) electrons. The third-order valence-corrected chi connectivity index (χ3v) is 4.19. The van der Waals surface area contributed by atoms with Gasteiger partial charge in [-0.3, -0.25) is 0 Å². The zero-order valence-corrected chi connectivity index (χ0v) is 12.2. The molecule has 0 bridgehead atoms. The molecule has 1 N–H and O–H groups in total. The second-order valence-corrected chi connectivity index (χ2v) is 6.69. The smallest absolute Gasteiger partial charge is 0.408 e. The van der Waals surface area contributed by atoms with Crippen LogP contribution >= 0.6 is 0 Å². The first-order valence-electron chi connectivity index (χ1n) is 6.84. The van der Waals surface area contributed by atoms with E-state index in [0.717, 1.165) is 25.7 Å². The number of carbonyl (C=O) groups excluding carboxylic acids is 2. The zero-order chi connectivity index (χ0) is 14.3. The second kappa shape index (κ2) is 4.39. The molecule has 0 aliphatic heterocycles. The lowest BCUT2D eigenvalue weighted by Crippen LogP contribution is -2.49. The number of carbonyl (C=O) groups is 2. The van der Waals surface area contributed by atoms with E-state index in [4.69, 9.17) is 9.47 Å². The molecule has 0 heterocycles. The molecule has 2 rings (SSSR count). The highest BCUT2D eigenvalue weighted by molar-refractivity contribution is 5.91. The van der Waals surface area contributed by atoms with Crippen molar-refractivity contribution >= 4 is 12.1 Å². The largest absolute Gasteiger partial charge is 0.467 e. The molecular weight excluding hydrogens is 246 g/mol. The Morgan fingerprint density at radius 1 is 1.16 bits per heavy atom. The van der Waals surface area contributed by atoms with Gasteiger partial charge in [0.25, 0.3) is 0 Å². The maximum atomic E-state index is 12.1. The minimum Gasteiger partial charge on any atom is -0.467 e. The molecule has 2 fully saturated rings. The molecule has 5 nitrogen and oxygen atoms in total. The first kappa shape index (κ1) is 14.2. The number of alkyl carbamates (subject to hydrolysis) is 1. The Morgan fingerprint density at radius 3 is 2.21 bits per heavy atom. The molecule has 0 aromatic heterocycles. The molecule has 0 aromatic carbocycles. The van der Waals surface area contributed by atoms with Gasteiger partial charge in [-0.15, -0.1) is 0 Å². The molecule has 1 spiro atoms. The van der Waals surface area contributed by atoms with Crippen molar-refractivity contribution in [3.63, 3.8) is 0 Å². The van der Waals surface area contributed by atoms with Crippen molar-refractivity contribution in [1.82, 2.24) is 5.32 Å². The monoisotopic (exact) mass is 269 g/mol. The number of nitrogens with one attached hydrogen (secondary N) is 1. The summed E-state index contributed by atoms with van der Waals surface area (Å²) in [5, 5.41) is 2.77. The first-order chi connectivity index (χ1) is 8.75. The number of esters is 1. The van der Waals surface area contributed by atoms with Crippen LogP contribution in [0, 0.1) is 5.41 Å². The minimum absolute atomic E-state index is 0.100. The van der Waals surface area contributed by atoms with Crippen LogP contribution < -0.4 is 5.32 Å². The van der Waals surface area contributed by atoms with Crippen molar-refractivity contribution in [2.75, 3.05) is 7.11 Å². The van der Waals surface area contributed by atoms with Crippen molar-refractivity contribution in [2.24, 2.45) is 5.41 Å². The number of hydrogen-bond acceptors (Lipinski definition) is 4. The van der Waals surface area contributed by atoms with Crippen molar-refractivity contribution < 1.29 is 19.1 Å². The van der Waals surface area contributed by atoms with Gasteiger partial charge in [0.15, 0.2) is 0 Å². The van der Waals surface area contributed by atoms with Gasteiger partial charge in [0, 0.05) is 5.41 Å². The van der Waals surface area contributed by atoms with Gasteiger partial charge < -0.3 is 14.8 Å². The van der Waals surface area contributed by atoms with Crippen LogP contribution in [0.3, 0.4) is 0 Å². The van der Waals surface area contributed by atoms with Crippen LogP contribution in [-0.2, 0) is 14.3 Å². The van der Waals surface area contributed by atoms with E-state index in [1.54, 1.807) is 20.8 Å². The van der Waals surface area contributed by atoms with E-state index in [2.05, 4.69) is 5.32 Å². The lowest BCUT2D eigenvalue weighted by molar-refractivity contribution is -0.145. The van der Waals surface area contributed by atoms with E-state index in [-0.39, 0.29) is 11.4 Å². The Kier molecular flexibility index (Phi) is 3.27. The Labute approximate surface area is 114 Å². The Bertz CT molecular complexity index is 393. The van der Waals surface area contributed by atoms with E-state index in [1.807, 2.05) is 0 Å². The van der Waals surface area contributed by atoms with E-state index < -0.39 is 17.2 Å². The predicted molar refractivity (Wildman–Crippen MR) is 69.6 cm³/mol. The topological polar surface area (TPSA) is 64.6 Å². The number of ether oxygens (including phenoxy) is 2. The van der Waals surface area contributed by atoms with E-state index >= 15 is 0 Å². The second-order valence-electron chi connectivity index (χ2n) is 6.69. The molecule has 2 saturated carbocycles. The standard InChI is InChI=1S/C14H23NO4/c1-12(2,3)19-11(17)15-14(10(16)18-4)9-13(14)7-5-6-8-13/h5-9H2,1-4H3,(H,15,17)/t14-/m0/s1. The first-order valence-corrected chi connectivity index (χ1v) is 6.84. The highest BCUT2D eigenvalue weighted by Crippen LogP contribution is 2.66. The fraction of sp³-hybridized carbons (Fsp3) is 0.857. The highest BCUT2D eigenvalue weighted by Gasteiger charge is 2.74. The van der Waals surface area contributed by atoms with Gasteiger partial charge in [0.1, 0.15) is 11.1 Å². The maximum Gasteiger partial charge on any atom is 0.408 e. The van der Waals surface area contributed by atoms with Gasteiger partial charge in [-0.2, -0.15) is 0 Å². The Balaban J connectivity index is 2.09. The number of methoxy groups -OCH3 is 1. The molecule has 0 saturated heterocycles. The molecule has 108 valence electrons. The molecule has 0 unspecified atom stereocenters. The van der Waals surface area contributed by atoms with E-state index in [1.165, 1.54) is 7.11 Å². The maximum absolute atomic E-state index is 12.1. The number of amides is 1. The van der Waals surface area contributed by atoms with Crippen LogP contribution in [0.4, 0.5) is 4.79 Å². The summed E-state index contributed by atoms with van der Waals surface area (Å²) in [6, 6.07) is 0. The third-order valence-electron chi connectivity index (χ3n) is 4.19. The molecule has 1 amide bonds. The summed E-state index contributed by atoms with van der Waals surface area (Å²) in [6.07, 6.45) is 4.28. The summed E-state index contributed by atoms with van der Waals surface area (Å²) >= 11 is 0. The van der Waals surface area contributed by atoms with Gasteiger partial charge in [0.05, 0.1) is 7.11 Å². The Hall–Kier alpha value is -1.26. The van der Waals surface area contributed by atoms with Crippen LogP contribution in [0.5, 0.6) is 0 Å². The third kappa shape index (κ3) is 2.42. The van der Waals surface area contributed by atoms with Crippen molar-refractivity contribution in [2.45, 2.75) is 64.0 Å². The summed E-state index contributed by atoms with van der Waals surface area (Å²) in [5.74, 6) is -0.347. The molecule has 2 aliphatic rings. The molecule has 19 heavy (non-hydrogen) atoms. The highest BCUT2D eigenvalue weighted by atomic mass is 16.6. The van der Waals surface area contributed by atoms with Crippen LogP contribution in [0.15, 0.2) is 0 Å². The Morgan fingerprint density at radius 2 is 1.74 bits per heavy atom. The van der Waals surface area contributed by atoms with Gasteiger partial charge in [-0.1, -0.05) is 12.8 Å². The summed E-state index contributed by atoms with van der Waals surface area (Å²) < 4.78 is 10.1. The summed E-state index contributed by atoms with van der Waals surface area (Å²) in [6.45, 7) is 5.40. The molecule has 5 heteroatoms. The van der Waals surface area contributed by atoms with Crippen molar-refractivity contribution in [1.29, 1.82) is 0 Å². The summed E-state index contributed by atoms with van der Waals surface area (Å²) in [5.41, 5.74) is -1.53. The summed E-state index contributed by atoms with van der Waals surface area (Å²) in [4.78, 5) is 24.0. The van der Waals surface area contributed by atoms with Crippen LogP contribution in [0.2, 0.25) is 0 Å². The van der Waals surface area contributed by atoms with Crippen molar-refractivity contribution in [3.8, 4) is 0 Å². The molecular formula is C14H23NO4. The summed E-state index contributed by atoms with van der Waals surface area (Å²) in [7, 11) is 1.36. The fourth-order valence-electron chi connectivity index (χ4n) is 3.29. The molecule has 2 aliphatic carbocycles. The van der Waals surface area contributed by atoms with Gasteiger partial charge in [0.2, 0.25) is 0 Å². The number of hydrogen-bond donors (Lipinski definition) is 1. The van der Waals surface area contributed by atoms with E-state index in [9.17, 15) is 9.59 Å². The van der Waals surface area contributed by atoms with Crippen LogP contribution in [0.25, 0.3) is 0 Å². The average Bonchev–Trinajstić information content (AvgIpc) is 2.67. The van der Waals surface area contributed by atoms with Gasteiger partial charge in [-0.05, 0) is 40.0 Å². The average molecular weight is 269 g/mol. The minimum atomic E-state index is -0.861. The van der Waals surface area contributed by atoms with Crippen LogP contribution in [-0.4, -0.2) is 30.3 Å². The fourth-order valence-corrected chi connectivity index (χ4v) is 3.29. The molecule has 1 atom stereocenters. The lowest BCUT2D eigenvalue weighted by atomic mass is 9.98. The van der Waals surface area contributed by atoms with Gasteiger partial charge >= 0.3 is 12.1 Å². The van der Waals surface area contributed by atoms with Crippen LogP contribution in [0.1, 0.15) is 52.9 Å². The SMILES string of the molecule is COC(=O)[C@@]1(NC(=O)OC(C)(C)C)CC12CCCC2. The predicted octanol–water partition coefficient (Wildman–Crippen LogP) is 2.39. The normalized spacial score (nSPS) is 28.0. The lowest BCUT2D eigenvalue weighted by Gasteiger charge is -2.25. The van der Waals surface area contributed by atoms with Crippen molar-refractivity contribution in [3.05, 3.63) is 0 Å². The molecule has 0 aromatic rings. The quantitative estimate of drug-likeness (QED) is 0.782. The van der Waals surface area contributed by atoms with Gasteiger partial charge in [-0.25, -0.2) is 9.59 Å².